The van der Waals surface area contributed by atoms with E-state index in [4.69, 9.17) is 14.2 Å². The second-order valence-electron chi connectivity index (χ2n) is 9.96. The van der Waals surface area contributed by atoms with Gasteiger partial charge >= 0.3 is 5.97 Å². The predicted molar refractivity (Wildman–Crippen MR) is 131 cm³/mol. The molecule has 0 saturated heterocycles. The summed E-state index contributed by atoms with van der Waals surface area (Å²) in [6.45, 7) is 4.51. The number of carbonyl (C=O) groups excluding carboxylic acids is 1. The summed E-state index contributed by atoms with van der Waals surface area (Å²) in [7, 11) is 0. The van der Waals surface area contributed by atoms with Crippen LogP contribution in [0.4, 0.5) is 8.78 Å². The van der Waals surface area contributed by atoms with E-state index in [0.29, 0.717) is 30.1 Å². The number of ether oxygens (including phenoxy) is 3. The lowest BCUT2D eigenvalue weighted by molar-refractivity contribution is -0.141. The molecule has 4 rings (SSSR count). The highest BCUT2D eigenvalue weighted by Crippen LogP contribution is 2.45. The van der Waals surface area contributed by atoms with Gasteiger partial charge in [-0.15, -0.1) is 0 Å². The number of hydrogen-bond donors (Lipinski definition) is 0. The monoisotopic (exact) mass is 486 g/mol. The number of halogens is 2. The summed E-state index contributed by atoms with van der Waals surface area (Å²) in [5.74, 6) is -0.375. The Morgan fingerprint density at radius 3 is 2.20 bits per heavy atom. The van der Waals surface area contributed by atoms with Crippen LogP contribution in [0.2, 0.25) is 0 Å². The highest BCUT2D eigenvalue weighted by atomic mass is 19.2. The van der Waals surface area contributed by atoms with Gasteiger partial charge in [0.15, 0.2) is 11.5 Å². The van der Waals surface area contributed by atoms with Crippen molar-refractivity contribution in [3.8, 4) is 17.2 Å². The molecule has 4 nitrogen and oxygen atoms in total. The Balaban J connectivity index is 1.25. The summed E-state index contributed by atoms with van der Waals surface area (Å²) in [5, 5.41) is 0. The van der Waals surface area contributed by atoms with Crippen molar-refractivity contribution in [1.82, 2.24) is 0 Å². The zero-order valence-electron chi connectivity index (χ0n) is 20.7. The first-order chi connectivity index (χ1) is 17.0. The summed E-state index contributed by atoms with van der Waals surface area (Å²) in [5.41, 5.74) is 1.25. The van der Waals surface area contributed by atoms with Crippen molar-refractivity contribution in [2.75, 3.05) is 13.2 Å². The highest BCUT2D eigenvalue weighted by molar-refractivity contribution is 5.75. The molecule has 2 aromatic carbocycles. The van der Waals surface area contributed by atoms with E-state index in [1.54, 1.807) is 6.92 Å². The van der Waals surface area contributed by atoms with Crippen LogP contribution in [0.15, 0.2) is 36.4 Å². The quantitative estimate of drug-likeness (QED) is 0.279. The Kier molecular flexibility index (Phi) is 8.64. The molecule has 0 heterocycles. The van der Waals surface area contributed by atoms with Gasteiger partial charge in [0.05, 0.1) is 19.1 Å². The van der Waals surface area contributed by atoms with Crippen LogP contribution < -0.4 is 14.2 Å². The van der Waals surface area contributed by atoms with E-state index in [-0.39, 0.29) is 30.0 Å². The second-order valence-corrected chi connectivity index (χ2v) is 9.96. The van der Waals surface area contributed by atoms with Crippen molar-refractivity contribution in [1.29, 1.82) is 0 Å². The minimum Gasteiger partial charge on any atom is -0.491 e. The Morgan fingerprint density at radius 1 is 0.857 bits per heavy atom. The van der Waals surface area contributed by atoms with Gasteiger partial charge in [-0.1, -0.05) is 25.5 Å². The molecule has 2 aliphatic rings. The summed E-state index contributed by atoms with van der Waals surface area (Å²) < 4.78 is 44.9. The molecule has 0 amide bonds. The Labute approximate surface area is 207 Å². The van der Waals surface area contributed by atoms with Crippen LogP contribution >= 0.6 is 0 Å². The third kappa shape index (κ3) is 6.33. The topological polar surface area (TPSA) is 44.8 Å². The molecule has 0 N–H and O–H groups in total. The lowest BCUT2D eigenvalue weighted by atomic mass is 9.65. The molecule has 190 valence electrons. The number of fused-ring (bicyclic) bond motifs is 1. The van der Waals surface area contributed by atoms with Gasteiger partial charge in [-0.05, 0) is 99.5 Å². The van der Waals surface area contributed by atoms with Crippen LogP contribution in [-0.4, -0.2) is 19.2 Å². The predicted octanol–water partition coefficient (Wildman–Crippen LogP) is 7.13. The van der Waals surface area contributed by atoms with Gasteiger partial charge in [0, 0.05) is 0 Å². The normalized spacial score (nSPS) is 23.9. The second kappa shape index (κ2) is 11.9. The van der Waals surface area contributed by atoms with E-state index in [0.717, 1.165) is 51.4 Å². The van der Waals surface area contributed by atoms with Gasteiger partial charge in [-0.25, -0.2) is 0 Å². The van der Waals surface area contributed by atoms with Gasteiger partial charge in [-0.2, -0.15) is 8.78 Å². The molecule has 2 aromatic rings. The molecule has 35 heavy (non-hydrogen) atoms. The molecule has 0 bridgehead atoms. The maximum absolute atomic E-state index is 14.3. The Morgan fingerprint density at radius 2 is 1.51 bits per heavy atom. The van der Waals surface area contributed by atoms with Crippen molar-refractivity contribution in [2.24, 2.45) is 23.7 Å². The average molecular weight is 487 g/mol. The number of hydrogen-bond acceptors (Lipinski definition) is 4. The zero-order chi connectivity index (χ0) is 24.8. The molecule has 2 fully saturated rings. The third-order valence-electron chi connectivity index (χ3n) is 7.52. The molecule has 4 atom stereocenters. The molecular weight excluding hydrogens is 450 g/mol. The molecule has 0 spiro atoms. The summed E-state index contributed by atoms with van der Waals surface area (Å²) in [4.78, 5) is 12.8. The van der Waals surface area contributed by atoms with Crippen molar-refractivity contribution in [2.45, 2.75) is 65.2 Å². The van der Waals surface area contributed by atoms with Crippen molar-refractivity contribution in [3.63, 3.8) is 0 Å². The van der Waals surface area contributed by atoms with E-state index in [1.807, 2.05) is 24.3 Å². The SMILES string of the molecule is CCCc1ccc(OC(=O)C2CCC3CC(COc4ccc(OCC)c(F)c4F)CCC3C2)cc1. The van der Waals surface area contributed by atoms with E-state index in [9.17, 15) is 13.6 Å². The van der Waals surface area contributed by atoms with Crippen molar-refractivity contribution < 1.29 is 27.8 Å². The highest BCUT2D eigenvalue weighted by Gasteiger charge is 2.38. The molecule has 0 radical (unpaired) electrons. The molecular formula is C29H36F2O4. The summed E-state index contributed by atoms with van der Waals surface area (Å²) in [6, 6.07) is 10.7. The van der Waals surface area contributed by atoms with Crippen molar-refractivity contribution in [3.05, 3.63) is 53.6 Å². The van der Waals surface area contributed by atoms with E-state index in [1.165, 1.54) is 17.7 Å². The number of benzene rings is 2. The summed E-state index contributed by atoms with van der Waals surface area (Å²) in [6.07, 6.45) is 7.78. The van der Waals surface area contributed by atoms with Gasteiger partial charge in [-0.3, -0.25) is 4.79 Å². The largest absolute Gasteiger partial charge is 0.491 e. The summed E-state index contributed by atoms with van der Waals surface area (Å²) >= 11 is 0. The molecule has 0 aromatic heterocycles. The van der Waals surface area contributed by atoms with Crippen LogP contribution in [0, 0.1) is 35.3 Å². The van der Waals surface area contributed by atoms with E-state index in [2.05, 4.69) is 6.92 Å². The number of esters is 1. The fourth-order valence-corrected chi connectivity index (χ4v) is 5.66. The number of rotatable bonds is 9. The average Bonchev–Trinajstić information content (AvgIpc) is 2.87. The number of carbonyl (C=O) groups is 1. The maximum atomic E-state index is 14.3. The van der Waals surface area contributed by atoms with Gasteiger partial charge in [0.2, 0.25) is 11.6 Å². The van der Waals surface area contributed by atoms with Gasteiger partial charge < -0.3 is 14.2 Å². The van der Waals surface area contributed by atoms with Crippen LogP contribution in [0.5, 0.6) is 17.2 Å². The zero-order valence-corrected chi connectivity index (χ0v) is 20.7. The first-order valence-corrected chi connectivity index (χ1v) is 13.0. The van der Waals surface area contributed by atoms with Crippen LogP contribution in [-0.2, 0) is 11.2 Å². The van der Waals surface area contributed by atoms with Crippen LogP contribution in [0.25, 0.3) is 0 Å². The van der Waals surface area contributed by atoms with Crippen LogP contribution in [0.1, 0.15) is 64.4 Å². The molecule has 4 unspecified atom stereocenters. The lowest BCUT2D eigenvalue weighted by Crippen LogP contribution is -2.36. The first-order valence-electron chi connectivity index (χ1n) is 13.0. The Hall–Kier alpha value is -2.63. The minimum absolute atomic E-state index is 0.0553. The fraction of sp³-hybridized carbons (Fsp3) is 0.552. The third-order valence-corrected chi connectivity index (χ3v) is 7.52. The molecule has 6 heteroatoms. The fourth-order valence-electron chi connectivity index (χ4n) is 5.66. The number of aryl methyl sites for hydroxylation is 1. The molecule has 2 saturated carbocycles. The maximum Gasteiger partial charge on any atom is 0.314 e. The van der Waals surface area contributed by atoms with Gasteiger partial charge in [0.25, 0.3) is 0 Å². The lowest BCUT2D eigenvalue weighted by Gasteiger charge is -2.41. The standard InChI is InChI=1S/C29H36F2O4/c1-3-5-19-7-12-24(13-8-19)35-29(32)23-11-10-21-16-20(6-9-22(21)17-23)18-34-26-15-14-25(33-4-2)27(30)28(26)31/h7-8,12-15,20-23H,3-6,9-11,16-18H2,1-2H3. The first kappa shape index (κ1) is 25.5. The van der Waals surface area contributed by atoms with Crippen molar-refractivity contribution >= 4 is 5.97 Å². The Bertz CT molecular complexity index is 991. The molecule has 2 aliphatic carbocycles. The smallest absolute Gasteiger partial charge is 0.314 e. The van der Waals surface area contributed by atoms with Gasteiger partial charge in [0.1, 0.15) is 5.75 Å². The van der Waals surface area contributed by atoms with E-state index >= 15 is 0 Å². The van der Waals surface area contributed by atoms with Crippen LogP contribution in [0.3, 0.4) is 0 Å². The van der Waals surface area contributed by atoms with E-state index < -0.39 is 11.6 Å². The molecule has 0 aliphatic heterocycles. The minimum atomic E-state index is -1.00.